The average molecular weight is 367 g/mol. The molecule has 0 heterocycles. The van der Waals surface area contributed by atoms with E-state index in [9.17, 15) is 13.2 Å². The van der Waals surface area contributed by atoms with Crippen molar-refractivity contribution in [2.75, 3.05) is 18.1 Å². The highest BCUT2D eigenvalue weighted by Crippen LogP contribution is 2.21. The van der Waals surface area contributed by atoms with E-state index in [0.29, 0.717) is 10.7 Å². The third kappa shape index (κ3) is 5.06. The van der Waals surface area contributed by atoms with Crippen molar-refractivity contribution in [1.82, 2.24) is 5.32 Å². The van der Waals surface area contributed by atoms with Gasteiger partial charge in [-0.05, 0) is 42.8 Å². The van der Waals surface area contributed by atoms with Gasteiger partial charge in [-0.1, -0.05) is 29.8 Å². The molecule has 0 saturated heterocycles. The van der Waals surface area contributed by atoms with Crippen molar-refractivity contribution in [3.63, 3.8) is 0 Å². The largest absolute Gasteiger partial charge is 0.325 e. The molecule has 1 atom stereocenters. The lowest BCUT2D eigenvalue weighted by molar-refractivity contribution is -0.115. The van der Waals surface area contributed by atoms with E-state index in [-0.39, 0.29) is 23.4 Å². The molecule has 0 aromatic heterocycles. The molecule has 24 heavy (non-hydrogen) atoms. The summed E-state index contributed by atoms with van der Waals surface area (Å²) in [6, 6.07) is 13.4. The average Bonchev–Trinajstić information content (AvgIpc) is 2.53. The molecule has 0 spiro atoms. The van der Waals surface area contributed by atoms with E-state index >= 15 is 0 Å². The van der Waals surface area contributed by atoms with Gasteiger partial charge in [-0.3, -0.25) is 4.79 Å². The van der Waals surface area contributed by atoms with E-state index in [1.54, 1.807) is 18.2 Å². The van der Waals surface area contributed by atoms with Gasteiger partial charge in [0.25, 0.3) is 0 Å². The zero-order valence-electron chi connectivity index (χ0n) is 13.4. The van der Waals surface area contributed by atoms with Crippen LogP contribution in [0.1, 0.15) is 18.5 Å². The molecule has 128 valence electrons. The maximum absolute atomic E-state index is 12.0. The summed E-state index contributed by atoms with van der Waals surface area (Å²) >= 11 is 6.13. The first-order chi connectivity index (χ1) is 11.3. The summed E-state index contributed by atoms with van der Waals surface area (Å²) in [5, 5.41) is 6.46. The maximum Gasteiger partial charge on any atom is 0.238 e. The number of benzene rings is 2. The summed E-state index contributed by atoms with van der Waals surface area (Å²) in [4.78, 5) is 12.2. The third-order valence-corrected chi connectivity index (χ3v) is 4.98. The van der Waals surface area contributed by atoms with Crippen molar-refractivity contribution < 1.29 is 13.2 Å². The summed E-state index contributed by atoms with van der Waals surface area (Å²) in [6.07, 6.45) is 1.14. The van der Waals surface area contributed by atoms with Crippen LogP contribution in [0, 0.1) is 0 Å². The van der Waals surface area contributed by atoms with Crippen molar-refractivity contribution in [1.29, 1.82) is 0 Å². The molecule has 0 bridgehead atoms. The second-order valence-corrected chi connectivity index (χ2v) is 7.89. The molecule has 0 aliphatic rings. The second-order valence-electron chi connectivity index (χ2n) is 5.47. The van der Waals surface area contributed by atoms with Crippen molar-refractivity contribution in [3.8, 4) is 0 Å². The SMILES string of the molecule is CC(NCC(=O)Nc1ccc(S(C)(=O)=O)cc1)c1ccccc1Cl. The minimum Gasteiger partial charge on any atom is -0.325 e. The van der Waals surface area contributed by atoms with Crippen LogP contribution in [0.25, 0.3) is 0 Å². The Labute approximate surface area is 147 Å². The normalized spacial score (nSPS) is 12.6. The Kier molecular flexibility index (Phi) is 5.99. The van der Waals surface area contributed by atoms with Crippen molar-refractivity contribution in [2.45, 2.75) is 17.9 Å². The number of rotatable bonds is 6. The van der Waals surface area contributed by atoms with E-state index in [2.05, 4.69) is 10.6 Å². The Bertz CT molecular complexity index is 820. The van der Waals surface area contributed by atoms with Crippen LogP contribution < -0.4 is 10.6 Å². The molecule has 0 aliphatic carbocycles. The molecule has 2 aromatic rings. The topological polar surface area (TPSA) is 75.3 Å². The molecule has 1 unspecified atom stereocenters. The number of amides is 1. The summed E-state index contributed by atoms with van der Waals surface area (Å²) in [7, 11) is -3.24. The fraction of sp³-hybridized carbons (Fsp3) is 0.235. The predicted molar refractivity (Wildman–Crippen MR) is 96.1 cm³/mol. The summed E-state index contributed by atoms with van der Waals surface area (Å²) in [5.74, 6) is -0.221. The number of nitrogens with one attached hydrogen (secondary N) is 2. The van der Waals surface area contributed by atoms with Crippen LogP contribution >= 0.6 is 11.6 Å². The van der Waals surface area contributed by atoms with Gasteiger partial charge in [0.15, 0.2) is 9.84 Å². The number of hydrogen-bond donors (Lipinski definition) is 2. The lowest BCUT2D eigenvalue weighted by Crippen LogP contribution is -2.30. The maximum atomic E-state index is 12.0. The van der Waals surface area contributed by atoms with Crippen LogP contribution in [0.5, 0.6) is 0 Å². The van der Waals surface area contributed by atoms with Crippen LogP contribution in [0.2, 0.25) is 5.02 Å². The predicted octanol–water partition coefficient (Wildman–Crippen LogP) is 3.03. The highest BCUT2D eigenvalue weighted by Gasteiger charge is 2.11. The molecule has 5 nitrogen and oxygen atoms in total. The first kappa shape index (κ1) is 18.4. The lowest BCUT2D eigenvalue weighted by atomic mass is 10.1. The van der Waals surface area contributed by atoms with Crippen molar-refractivity contribution in [2.24, 2.45) is 0 Å². The number of carbonyl (C=O) groups is 1. The van der Waals surface area contributed by atoms with Crippen LogP contribution in [-0.4, -0.2) is 27.1 Å². The Balaban J connectivity index is 1.91. The Morgan fingerprint density at radius 3 is 2.33 bits per heavy atom. The molecule has 7 heteroatoms. The number of carbonyl (C=O) groups excluding carboxylic acids is 1. The first-order valence-corrected chi connectivity index (χ1v) is 9.62. The highest BCUT2D eigenvalue weighted by molar-refractivity contribution is 7.90. The molecule has 2 rings (SSSR count). The van der Waals surface area contributed by atoms with Gasteiger partial charge in [-0.2, -0.15) is 0 Å². The van der Waals surface area contributed by atoms with E-state index in [1.807, 2.05) is 25.1 Å². The minimum atomic E-state index is -3.24. The summed E-state index contributed by atoms with van der Waals surface area (Å²) in [5.41, 5.74) is 1.46. The van der Waals surface area contributed by atoms with Crippen LogP contribution in [-0.2, 0) is 14.6 Å². The molecule has 0 saturated carbocycles. The van der Waals surface area contributed by atoms with Crippen LogP contribution in [0.4, 0.5) is 5.69 Å². The van der Waals surface area contributed by atoms with Gasteiger partial charge in [0.05, 0.1) is 11.4 Å². The zero-order chi connectivity index (χ0) is 17.7. The molecular weight excluding hydrogens is 348 g/mol. The van der Waals surface area contributed by atoms with Gasteiger partial charge < -0.3 is 10.6 Å². The number of anilines is 1. The first-order valence-electron chi connectivity index (χ1n) is 7.35. The second kappa shape index (κ2) is 7.79. The highest BCUT2D eigenvalue weighted by atomic mass is 35.5. The van der Waals surface area contributed by atoms with Gasteiger partial charge in [0, 0.05) is 23.0 Å². The summed E-state index contributed by atoms with van der Waals surface area (Å²) in [6.45, 7) is 2.04. The van der Waals surface area contributed by atoms with E-state index in [4.69, 9.17) is 11.6 Å². The molecule has 0 aliphatic heterocycles. The van der Waals surface area contributed by atoms with Gasteiger partial charge in [-0.25, -0.2) is 8.42 Å². The van der Waals surface area contributed by atoms with Crippen molar-refractivity contribution >= 4 is 33.0 Å². The van der Waals surface area contributed by atoms with E-state index in [0.717, 1.165) is 11.8 Å². The van der Waals surface area contributed by atoms with E-state index in [1.165, 1.54) is 12.1 Å². The Morgan fingerprint density at radius 2 is 1.75 bits per heavy atom. The number of hydrogen-bond acceptors (Lipinski definition) is 4. The quantitative estimate of drug-likeness (QED) is 0.824. The molecule has 1 amide bonds. The van der Waals surface area contributed by atoms with Crippen LogP contribution in [0.3, 0.4) is 0 Å². The van der Waals surface area contributed by atoms with E-state index < -0.39 is 9.84 Å². The zero-order valence-corrected chi connectivity index (χ0v) is 15.0. The molecule has 2 aromatic carbocycles. The minimum absolute atomic E-state index is 0.0722. The smallest absolute Gasteiger partial charge is 0.238 e. The summed E-state index contributed by atoms with van der Waals surface area (Å²) < 4.78 is 22.8. The number of halogens is 1. The molecule has 0 radical (unpaired) electrons. The fourth-order valence-corrected chi connectivity index (χ4v) is 3.10. The number of sulfone groups is 1. The van der Waals surface area contributed by atoms with Gasteiger partial charge >= 0.3 is 0 Å². The van der Waals surface area contributed by atoms with Crippen LogP contribution in [0.15, 0.2) is 53.4 Å². The van der Waals surface area contributed by atoms with Gasteiger partial charge in [0.2, 0.25) is 5.91 Å². The van der Waals surface area contributed by atoms with Gasteiger partial charge in [0.1, 0.15) is 0 Å². The molecule has 2 N–H and O–H groups in total. The lowest BCUT2D eigenvalue weighted by Gasteiger charge is -2.15. The standard InChI is InChI=1S/C17H19ClN2O3S/c1-12(15-5-3-4-6-16(15)18)19-11-17(21)20-13-7-9-14(10-8-13)24(2,22)23/h3-10,12,19H,11H2,1-2H3,(H,20,21). The molecule has 0 fully saturated rings. The fourth-order valence-electron chi connectivity index (χ4n) is 2.17. The molecular formula is C17H19ClN2O3S. The van der Waals surface area contributed by atoms with Crippen molar-refractivity contribution in [3.05, 3.63) is 59.1 Å². The Hall–Kier alpha value is -1.89. The van der Waals surface area contributed by atoms with Gasteiger partial charge in [-0.15, -0.1) is 0 Å². The monoisotopic (exact) mass is 366 g/mol. The third-order valence-electron chi connectivity index (χ3n) is 3.51. The Morgan fingerprint density at radius 1 is 1.12 bits per heavy atom.